The zero-order valence-electron chi connectivity index (χ0n) is 13.3. The fourth-order valence-corrected chi connectivity index (χ4v) is 2.41. The average Bonchev–Trinajstić information content (AvgIpc) is 2.99. The number of aromatic nitrogens is 2. The van der Waals surface area contributed by atoms with E-state index in [1.807, 2.05) is 35.8 Å². The summed E-state index contributed by atoms with van der Waals surface area (Å²) in [4.78, 5) is 16.5. The Balaban J connectivity index is 1.62. The maximum absolute atomic E-state index is 12.2. The second-order valence-electron chi connectivity index (χ2n) is 5.58. The number of phenols is 1. The molecule has 0 saturated carbocycles. The van der Waals surface area contributed by atoms with Crippen molar-refractivity contribution in [2.75, 3.05) is 0 Å². The summed E-state index contributed by atoms with van der Waals surface area (Å²) in [6.45, 7) is 2.35. The molecule has 2 N–H and O–H groups in total. The SMILES string of the molecule is C[C@H](Cn1cnc2ccccc21)C(=O)N/N=C/c1ccccc1O. The standard InChI is InChI=1S/C18H18N4O2/c1-13(11-22-12-19-15-7-3-4-8-16(15)22)18(24)21-20-10-14-6-2-5-9-17(14)23/h2-10,12-13,23H,11H2,1H3,(H,21,24)/b20-10+/t13-/m1/s1. The molecule has 1 amide bonds. The highest BCUT2D eigenvalue weighted by molar-refractivity contribution is 5.85. The van der Waals surface area contributed by atoms with E-state index in [4.69, 9.17) is 0 Å². The number of imidazole rings is 1. The number of carbonyl (C=O) groups is 1. The summed E-state index contributed by atoms with van der Waals surface area (Å²) in [6.07, 6.45) is 3.16. The number of phenolic OH excluding ortho intramolecular Hbond substituents is 1. The summed E-state index contributed by atoms with van der Waals surface area (Å²) in [7, 11) is 0. The molecule has 0 radical (unpaired) electrons. The molecule has 0 unspecified atom stereocenters. The van der Waals surface area contributed by atoms with Gasteiger partial charge in [-0.25, -0.2) is 10.4 Å². The van der Waals surface area contributed by atoms with Gasteiger partial charge in [-0.15, -0.1) is 0 Å². The molecular formula is C18H18N4O2. The van der Waals surface area contributed by atoms with Crippen molar-refractivity contribution in [3.63, 3.8) is 0 Å². The van der Waals surface area contributed by atoms with Gasteiger partial charge in [-0.3, -0.25) is 4.79 Å². The van der Waals surface area contributed by atoms with Crippen LogP contribution in [-0.4, -0.2) is 26.8 Å². The topological polar surface area (TPSA) is 79.5 Å². The Labute approximate surface area is 139 Å². The number of nitrogens with one attached hydrogen (secondary N) is 1. The molecule has 0 aliphatic rings. The van der Waals surface area contributed by atoms with Crippen LogP contribution in [0.4, 0.5) is 0 Å². The van der Waals surface area contributed by atoms with Crippen LogP contribution in [-0.2, 0) is 11.3 Å². The number of aromatic hydroxyl groups is 1. The predicted octanol–water partition coefficient (Wildman–Crippen LogP) is 2.53. The largest absolute Gasteiger partial charge is 0.507 e. The number of para-hydroxylation sites is 3. The van der Waals surface area contributed by atoms with E-state index in [0.29, 0.717) is 12.1 Å². The van der Waals surface area contributed by atoms with Gasteiger partial charge in [0.25, 0.3) is 0 Å². The second-order valence-corrected chi connectivity index (χ2v) is 5.58. The van der Waals surface area contributed by atoms with E-state index in [0.717, 1.165) is 11.0 Å². The number of rotatable bonds is 5. The first-order valence-corrected chi connectivity index (χ1v) is 7.66. The average molecular weight is 322 g/mol. The number of hydrogen-bond donors (Lipinski definition) is 2. The van der Waals surface area contributed by atoms with Crippen molar-refractivity contribution in [1.29, 1.82) is 0 Å². The first-order chi connectivity index (χ1) is 11.6. The molecule has 6 nitrogen and oxygen atoms in total. The van der Waals surface area contributed by atoms with E-state index < -0.39 is 0 Å². The Morgan fingerprint density at radius 2 is 2.04 bits per heavy atom. The Hall–Kier alpha value is -3.15. The number of nitrogens with zero attached hydrogens (tertiary/aromatic N) is 3. The molecule has 1 heterocycles. The van der Waals surface area contributed by atoms with Gasteiger partial charge in [-0.2, -0.15) is 5.10 Å². The van der Waals surface area contributed by atoms with Crippen LogP contribution < -0.4 is 5.43 Å². The maximum Gasteiger partial charge on any atom is 0.244 e. The number of hydrogen-bond acceptors (Lipinski definition) is 4. The lowest BCUT2D eigenvalue weighted by atomic mass is 10.1. The first-order valence-electron chi connectivity index (χ1n) is 7.66. The molecule has 3 aromatic rings. The first kappa shape index (κ1) is 15.7. The third-order valence-electron chi connectivity index (χ3n) is 3.76. The van der Waals surface area contributed by atoms with Crippen LogP contribution >= 0.6 is 0 Å². The number of amides is 1. The Morgan fingerprint density at radius 3 is 2.88 bits per heavy atom. The quantitative estimate of drug-likeness (QED) is 0.559. The third kappa shape index (κ3) is 3.43. The van der Waals surface area contributed by atoms with E-state index >= 15 is 0 Å². The van der Waals surface area contributed by atoms with Crippen LogP contribution in [0.1, 0.15) is 12.5 Å². The highest BCUT2D eigenvalue weighted by Crippen LogP contribution is 2.14. The lowest BCUT2D eigenvalue weighted by molar-refractivity contribution is -0.124. The molecule has 122 valence electrons. The number of fused-ring (bicyclic) bond motifs is 1. The van der Waals surface area contributed by atoms with Crippen molar-refractivity contribution < 1.29 is 9.90 Å². The molecule has 3 rings (SSSR count). The molecule has 0 spiro atoms. The number of carbonyl (C=O) groups excluding carboxylic acids is 1. The molecule has 0 aliphatic carbocycles. The van der Waals surface area contributed by atoms with E-state index in [1.54, 1.807) is 30.6 Å². The molecule has 1 aromatic heterocycles. The van der Waals surface area contributed by atoms with E-state index in [-0.39, 0.29) is 17.6 Å². The van der Waals surface area contributed by atoms with Crippen molar-refractivity contribution in [3.05, 3.63) is 60.4 Å². The van der Waals surface area contributed by atoms with Gasteiger partial charge in [0.1, 0.15) is 5.75 Å². The molecule has 0 aliphatic heterocycles. The predicted molar refractivity (Wildman–Crippen MR) is 92.7 cm³/mol. The second kappa shape index (κ2) is 6.95. The van der Waals surface area contributed by atoms with Crippen molar-refractivity contribution >= 4 is 23.2 Å². The Bertz CT molecular complexity index is 885. The van der Waals surface area contributed by atoms with Crippen molar-refractivity contribution in [3.8, 4) is 5.75 Å². The van der Waals surface area contributed by atoms with Crippen LogP contribution in [0, 0.1) is 5.92 Å². The van der Waals surface area contributed by atoms with E-state index in [9.17, 15) is 9.90 Å². The zero-order chi connectivity index (χ0) is 16.9. The fraction of sp³-hybridized carbons (Fsp3) is 0.167. The molecule has 0 fully saturated rings. The van der Waals surface area contributed by atoms with Gasteiger partial charge in [0.2, 0.25) is 5.91 Å². The Morgan fingerprint density at radius 1 is 1.29 bits per heavy atom. The van der Waals surface area contributed by atoms with Gasteiger partial charge >= 0.3 is 0 Å². The third-order valence-corrected chi connectivity index (χ3v) is 3.76. The molecular weight excluding hydrogens is 304 g/mol. The summed E-state index contributed by atoms with van der Waals surface area (Å²) in [5.41, 5.74) is 4.95. The summed E-state index contributed by atoms with van der Waals surface area (Å²) >= 11 is 0. The minimum Gasteiger partial charge on any atom is -0.507 e. The van der Waals surface area contributed by atoms with Crippen LogP contribution in [0.5, 0.6) is 5.75 Å². The van der Waals surface area contributed by atoms with Crippen LogP contribution in [0.15, 0.2) is 60.0 Å². The van der Waals surface area contributed by atoms with Crippen LogP contribution in [0.3, 0.4) is 0 Å². The summed E-state index contributed by atoms with van der Waals surface area (Å²) in [5, 5.41) is 13.5. The molecule has 2 aromatic carbocycles. The minimum atomic E-state index is -0.274. The molecule has 0 saturated heterocycles. The van der Waals surface area contributed by atoms with Gasteiger partial charge < -0.3 is 9.67 Å². The van der Waals surface area contributed by atoms with Gasteiger partial charge in [0, 0.05) is 12.1 Å². The summed E-state index contributed by atoms with van der Waals surface area (Å²) in [6, 6.07) is 14.6. The van der Waals surface area contributed by atoms with Crippen LogP contribution in [0.2, 0.25) is 0 Å². The highest BCUT2D eigenvalue weighted by Gasteiger charge is 2.14. The number of hydrazone groups is 1. The molecule has 6 heteroatoms. The Kier molecular flexibility index (Phi) is 4.56. The van der Waals surface area contributed by atoms with Gasteiger partial charge in [-0.05, 0) is 24.3 Å². The lowest BCUT2D eigenvalue weighted by Gasteiger charge is -2.11. The van der Waals surface area contributed by atoms with Crippen molar-refractivity contribution in [2.24, 2.45) is 11.0 Å². The van der Waals surface area contributed by atoms with E-state index in [2.05, 4.69) is 15.5 Å². The molecule has 1 atom stereocenters. The molecule has 0 bridgehead atoms. The minimum absolute atomic E-state index is 0.119. The monoisotopic (exact) mass is 322 g/mol. The fourth-order valence-electron chi connectivity index (χ4n) is 2.41. The van der Waals surface area contributed by atoms with Gasteiger partial charge in [0.05, 0.1) is 29.5 Å². The van der Waals surface area contributed by atoms with Crippen molar-refractivity contribution in [1.82, 2.24) is 15.0 Å². The van der Waals surface area contributed by atoms with Crippen molar-refractivity contribution in [2.45, 2.75) is 13.5 Å². The van der Waals surface area contributed by atoms with E-state index in [1.165, 1.54) is 6.21 Å². The normalized spacial score (nSPS) is 12.5. The molecule has 24 heavy (non-hydrogen) atoms. The van der Waals surface area contributed by atoms with Gasteiger partial charge in [-0.1, -0.05) is 31.2 Å². The van der Waals surface area contributed by atoms with Gasteiger partial charge in [0.15, 0.2) is 0 Å². The highest BCUT2D eigenvalue weighted by atomic mass is 16.3. The number of benzene rings is 2. The van der Waals surface area contributed by atoms with Crippen LogP contribution in [0.25, 0.3) is 11.0 Å². The zero-order valence-corrected chi connectivity index (χ0v) is 13.3. The smallest absolute Gasteiger partial charge is 0.244 e. The summed E-state index contributed by atoms with van der Waals surface area (Å²) in [5.74, 6) is -0.350. The lowest BCUT2D eigenvalue weighted by Crippen LogP contribution is -2.27. The maximum atomic E-state index is 12.2. The summed E-state index contributed by atoms with van der Waals surface area (Å²) < 4.78 is 1.95.